The zero-order valence-electron chi connectivity index (χ0n) is 20.8. The number of nitrogens with zero attached hydrogens (tertiary/aromatic N) is 1. The van der Waals surface area contributed by atoms with E-state index in [0.29, 0.717) is 32.2 Å². The normalized spacial score (nSPS) is 21.1. The van der Waals surface area contributed by atoms with Gasteiger partial charge in [-0.05, 0) is 81.2 Å². The standard InChI is InChI=1S/C27H40N2O5/c1-32-12-4-5-20-13-21(15-24(14-20)34-19-27(9-10-27)16-25(30)33-2)18-29(23-7-8-23)26(31)22-6-3-11-28-17-22/h13-15,22-23,28H,3-12,16-19H2,1-2H3/t22-/m1/s1. The number of benzene rings is 1. The van der Waals surface area contributed by atoms with E-state index in [2.05, 4.69) is 28.4 Å². The minimum atomic E-state index is -0.175. The zero-order chi connectivity index (χ0) is 24.0. The Morgan fingerprint density at radius 1 is 1.12 bits per heavy atom. The van der Waals surface area contributed by atoms with E-state index < -0.39 is 0 Å². The fraction of sp³-hybridized carbons (Fsp3) is 0.704. The Labute approximate surface area is 203 Å². The number of piperidine rings is 1. The summed E-state index contributed by atoms with van der Waals surface area (Å²) in [5, 5.41) is 3.38. The van der Waals surface area contributed by atoms with Gasteiger partial charge in [0.05, 0.1) is 26.1 Å². The fourth-order valence-electron chi connectivity index (χ4n) is 4.90. The van der Waals surface area contributed by atoms with Crippen LogP contribution in [0.15, 0.2) is 18.2 Å². The Morgan fingerprint density at radius 3 is 2.56 bits per heavy atom. The van der Waals surface area contributed by atoms with Gasteiger partial charge in [0.1, 0.15) is 5.75 Å². The van der Waals surface area contributed by atoms with Gasteiger partial charge in [-0.15, -0.1) is 0 Å². The Balaban J connectivity index is 1.46. The van der Waals surface area contributed by atoms with Crippen molar-refractivity contribution in [3.05, 3.63) is 29.3 Å². The first-order chi connectivity index (χ1) is 16.5. The van der Waals surface area contributed by atoms with E-state index in [1.807, 2.05) is 0 Å². The molecule has 0 spiro atoms. The average molecular weight is 473 g/mol. The van der Waals surface area contributed by atoms with Gasteiger partial charge in [0.15, 0.2) is 0 Å². The van der Waals surface area contributed by atoms with E-state index >= 15 is 0 Å². The summed E-state index contributed by atoms with van der Waals surface area (Å²) in [5.74, 6) is 1.02. The Kier molecular flexibility index (Phi) is 8.48. The van der Waals surface area contributed by atoms with Crippen molar-refractivity contribution in [1.29, 1.82) is 0 Å². The van der Waals surface area contributed by atoms with Crippen LogP contribution in [0.2, 0.25) is 0 Å². The van der Waals surface area contributed by atoms with Gasteiger partial charge in [-0.2, -0.15) is 0 Å². The molecule has 1 atom stereocenters. The maximum atomic E-state index is 13.4. The molecule has 1 heterocycles. The molecule has 7 nitrogen and oxygen atoms in total. The molecule has 4 rings (SSSR count). The lowest BCUT2D eigenvalue weighted by atomic mass is 9.97. The topological polar surface area (TPSA) is 77.1 Å². The highest BCUT2D eigenvalue weighted by molar-refractivity contribution is 5.80. The lowest BCUT2D eigenvalue weighted by Gasteiger charge is -2.30. The predicted octanol–water partition coefficient (Wildman–Crippen LogP) is 3.48. The number of amides is 1. The fourth-order valence-corrected chi connectivity index (χ4v) is 4.90. The Bertz CT molecular complexity index is 843. The molecule has 1 aromatic rings. The first-order valence-electron chi connectivity index (χ1n) is 12.8. The number of ether oxygens (including phenoxy) is 3. The second kappa shape index (κ2) is 11.5. The van der Waals surface area contributed by atoms with Crippen LogP contribution >= 0.6 is 0 Å². The quantitative estimate of drug-likeness (QED) is 0.350. The van der Waals surface area contributed by atoms with Crippen molar-refractivity contribution in [3.63, 3.8) is 0 Å². The number of hydrogen-bond donors (Lipinski definition) is 1. The van der Waals surface area contributed by atoms with E-state index in [9.17, 15) is 9.59 Å². The Morgan fingerprint density at radius 2 is 1.91 bits per heavy atom. The number of rotatable bonds is 13. The average Bonchev–Trinajstić information content (AvgIpc) is 3.78. The number of carbonyl (C=O) groups excluding carboxylic acids is 2. The van der Waals surface area contributed by atoms with Crippen LogP contribution in [0.3, 0.4) is 0 Å². The lowest BCUT2D eigenvalue weighted by molar-refractivity contribution is -0.142. The maximum absolute atomic E-state index is 13.4. The van der Waals surface area contributed by atoms with Crippen LogP contribution in [-0.4, -0.2) is 63.3 Å². The third-order valence-corrected chi connectivity index (χ3v) is 7.36. The number of esters is 1. The smallest absolute Gasteiger partial charge is 0.306 e. The minimum absolute atomic E-state index is 0.0861. The first-order valence-corrected chi connectivity index (χ1v) is 12.8. The molecule has 0 unspecified atom stereocenters. The molecular formula is C27H40N2O5. The van der Waals surface area contributed by atoms with Crippen molar-refractivity contribution in [2.45, 2.75) is 70.4 Å². The molecule has 3 aliphatic rings. The zero-order valence-corrected chi connectivity index (χ0v) is 20.8. The second-order valence-electron chi connectivity index (χ2n) is 10.4. The van der Waals surface area contributed by atoms with Gasteiger partial charge in [0.2, 0.25) is 5.91 Å². The highest BCUT2D eigenvalue weighted by Gasteiger charge is 2.45. The molecule has 1 amide bonds. The van der Waals surface area contributed by atoms with E-state index in [0.717, 1.165) is 75.8 Å². The summed E-state index contributed by atoms with van der Waals surface area (Å²) in [6, 6.07) is 6.76. The number of nitrogens with one attached hydrogen (secondary N) is 1. The van der Waals surface area contributed by atoms with Crippen LogP contribution in [0.25, 0.3) is 0 Å². The van der Waals surface area contributed by atoms with E-state index in [1.54, 1.807) is 7.11 Å². The lowest BCUT2D eigenvalue weighted by Crippen LogP contribution is -2.43. The van der Waals surface area contributed by atoms with Crippen LogP contribution in [0.4, 0.5) is 0 Å². The van der Waals surface area contributed by atoms with Crippen molar-refractivity contribution < 1.29 is 23.8 Å². The molecule has 2 aliphatic carbocycles. The number of methoxy groups -OCH3 is 2. The van der Waals surface area contributed by atoms with Crippen LogP contribution < -0.4 is 10.1 Å². The molecule has 0 bridgehead atoms. The van der Waals surface area contributed by atoms with Crippen LogP contribution in [0.5, 0.6) is 5.75 Å². The van der Waals surface area contributed by atoms with Gasteiger partial charge in [0, 0.05) is 38.3 Å². The summed E-state index contributed by atoms with van der Waals surface area (Å²) in [4.78, 5) is 27.2. The summed E-state index contributed by atoms with van der Waals surface area (Å²) in [7, 11) is 3.16. The first kappa shape index (κ1) is 25.0. The van der Waals surface area contributed by atoms with Gasteiger partial charge < -0.3 is 24.4 Å². The highest BCUT2D eigenvalue weighted by Crippen LogP contribution is 2.49. The van der Waals surface area contributed by atoms with Crippen LogP contribution in [0.1, 0.15) is 62.5 Å². The molecule has 1 saturated heterocycles. The van der Waals surface area contributed by atoms with Gasteiger partial charge in [-0.25, -0.2) is 0 Å². The maximum Gasteiger partial charge on any atom is 0.306 e. The largest absolute Gasteiger partial charge is 0.493 e. The van der Waals surface area contributed by atoms with Gasteiger partial charge >= 0.3 is 5.97 Å². The Hall–Kier alpha value is -2.12. The van der Waals surface area contributed by atoms with E-state index in [4.69, 9.17) is 14.2 Å². The van der Waals surface area contributed by atoms with Crippen molar-refractivity contribution in [2.75, 3.05) is 40.5 Å². The van der Waals surface area contributed by atoms with Gasteiger partial charge in [-0.3, -0.25) is 9.59 Å². The summed E-state index contributed by atoms with van der Waals surface area (Å²) >= 11 is 0. The molecule has 1 aromatic carbocycles. The van der Waals surface area contributed by atoms with Crippen molar-refractivity contribution >= 4 is 11.9 Å². The van der Waals surface area contributed by atoms with E-state index in [-0.39, 0.29) is 23.2 Å². The molecule has 2 saturated carbocycles. The second-order valence-corrected chi connectivity index (χ2v) is 10.4. The van der Waals surface area contributed by atoms with Crippen LogP contribution in [-0.2, 0) is 32.0 Å². The monoisotopic (exact) mass is 472 g/mol. The molecular weight excluding hydrogens is 432 g/mol. The molecule has 34 heavy (non-hydrogen) atoms. The van der Waals surface area contributed by atoms with E-state index in [1.165, 1.54) is 12.7 Å². The molecule has 7 heteroatoms. The van der Waals surface area contributed by atoms with Crippen molar-refractivity contribution in [3.8, 4) is 5.75 Å². The van der Waals surface area contributed by atoms with Gasteiger partial charge in [0.25, 0.3) is 0 Å². The third kappa shape index (κ3) is 6.95. The van der Waals surface area contributed by atoms with Crippen molar-refractivity contribution in [1.82, 2.24) is 10.2 Å². The molecule has 3 fully saturated rings. The minimum Gasteiger partial charge on any atom is -0.493 e. The summed E-state index contributed by atoms with van der Waals surface area (Å²) < 4.78 is 16.4. The van der Waals surface area contributed by atoms with Gasteiger partial charge in [-0.1, -0.05) is 6.07 Å². The SMILES string of the molecule is COCCCc1cc(CN(C(=O)[C@@H]2CCCNC2)C2CC2)cc(OCC2(CC(=O)OC)CC2)c1. The number of carbonyl (C=O) groups is 2. The van der Waals surface area contributed by atoms with Crippen molar-refractivity contribution in [2.24, 2.45) is 11.3 Å². The third-order valence-electron chi connectivity index (χ3n) is 7.36. The molecule has 1 aliphatic heterocycles. The molecule has 1 N–H and O–H groups in total. The summed E-state index contributed by atoms with van der Waals surface area (Å²) in [5.41, 5.74) is 2.22. The molecule has 188 valence electrons. The summed E-state index contributed by atoms with van der Waals surface area (Å²) in [6.07, 6.45) is 8.45. The summed E-state index contributed by atoms with van der Waals surface area (Å²) in [6.45, 7) is 3.65. The van der Waals surface area contributed by atoms with Crippen LogP contribution in [0, 0.1) is 11.3 Å². The molecule has 0 aromatic heterocycles. The highest BCUT2D eigenvalue weighted by atomic mass is 16.5. The predicted molar refractivity (Wildman–Crippen MR) is 130 cm³/mol. The number of hydrogen-bond acceptors (Lipinski definition) is 6. The molecule has 0 radical (unpaired) electrons. The number of aryl methyl sites for hydroxylation is 1.